The van der Waals surface area contributed by atoms with E-state index in [0.29, 0.717) is 6.54 Å². The lowest BCUT2D eigenvalue weighted by Gasteiger charge is -2.08. The first-order valence-corrected chi connectivity index (χ1v) is 6.59. The van der Waals surface area contributed by atoms with Crippen LogP contribution in [-0.2, 0) is 13.2 Å². The van der Waals surface area contributed by atoms with Crippen LogP contribution in [-0.4, -0.2) is 9.91 Å². The van der Waals surface area contributed by atoms with Crippen molar-refractivity contribution in [2.75, 3.05) is 0 Å². The van der Waals surface area contributed by atoms with Crippen molar-refractivity contribution in [3.63, 3.8) is 0 Å². The molecular formula is C13H12BrN3O3. The summed E-state index contributed by atoms with van der Waals surface area (Å²) in [5.41, 5.74) is 7.04. The van der Waals surface area contributed by atoms with Crippen molar-refractivity contribution in [3.8, 4) is 5.75 Å². The van der Waals surface area contributed by atoms with Gasteiger partial charge in [0.1, 0.15) is 6.61 Å². The van der Waals surface area contributed by atoms with Gasteiger partial charge in [-0.2, -0.15) is 0 Å². The molecule has 0 aliphatic carbocycles. The summed E-state index contributed by atoms with van der Waals surface area (Å²) in [6.07, 6.45) is 3.30. The maximum absolute atomic E-state index is 11.0. The number of nitrogens with two attached hydrogens (primary N) is 1. The van der Waals surface area contributed by atoms with Crippen molar-refractivity contribution in [3.05, 3.63) is 62.4 Å². The van der Waals surface area contributed by atoms with Gasteiger partial charge in [-0.05, 0) is 33.6 Å². The Bertz CT molecular complexity index is 634. The maximum atomic E-state index is 11.0. The Morgan fingerprint density at radius 1 is 1.30 bits per heavy atom. The quantitative estimate of drug-likeness (QED) is 0.669. The molecule has 0 bridgehead atoms. The van der Waals surface area contributed by atoms with E-state index in [-0.39, 0.29) is 18.0 Å². The minimum atomic E-state index is -0.477. The molecular weight excluding hydrogens is 326 g/mol. The van der Waals surface area contributed by atoms with Crippen LogP contribution in [0.1, 0.15) is 11.1 Å². The number of aromatic nitrogens is 1. The highest BCUT2D eigenvalue weighted by Gasteiger charge is 2.15. The molecule has 0 fully saturated rings. The third-order valence-corrected chi connectivity index (χ3v) is 3.05. The van der Waals surface area contributed by atoms with E-state index in [9.17, 15) is 10.1 Å². The van der Waals surface area contributed by atoms with E-state index in [1.165, 1.54) is 6.07 Å². The van der Waals surface area contributed by atoms with Gasteiger partial charge in [-0.25, -0.2) is 0 Å². The molecule has 2 rings (SSSR count). The molecule has 1 heterocycles. The Labute approximate surface area is 123 Å². The molecule has 0 aliphatic rings. The van der Waals surface area contributed by atoms with Crippen LogP contribution in [0.3, 0.4) is 0 Å². The fourth-order valence-electron chi connectivity index (χ4n) is 1.65. The van der Waals surface area contributed by atoms with Gasteiger partial charge in [0.05, 0.1) is 4.92 Å². The predicted octanol–water partition coefficient (Wildman–Crippen LogP) is 2.79. The zero-order valence-electron chi connectivity index (χ0n) is 10.5. The number of hydrogen-bond donors (Lipinski definition) is 1. The van der Waals surface area contributed by atoms with Crippen LogP contribution < -0.4 is 10.5 Å². The zero-order valence-corrected chi connectivity index (χ0v) is 12.0. The van der Waals surface area contributed by atoms with Gasteiger partial charge in [0.15, 0.2) is 5.75 Å². The van der Waals surface area contributed by atoms with Gasteiger partial charge in [-0.15, -0.1) is 0 Å². The average Bonchev–Trinajstić information content (AvgIpc) is 2.44. The van der Waals surface area contributed by atoms with Crippen LogP contribution >= 0.6 is 15.9 Å². The molecule has 7 heteroatoms. The number of nitro benzene ring substituents is 1. The van der Waals surface area contributed by atoms with Crippen LogP contribution in [0, 0.1) is 10.1 Å². The molecule has 0 unspecified atom stereocenters. The molecule has 0 spiro atoms. The SMILES string of the molecule is NCc1ccc([N+](=O)[O-])c(OCc2cncc(Br)c2)c1. The topological polar surface area (TPSA) is 91.3 Å². The molecule has 20 heavy (non-hydrogen) atoms. The minimum absolute atomic E-state index is 0.0786. The average molecular weight is 338 g/mol. The van der Waals surface area contributed by atoms with E-state index in [2.05, 4.69) is 20.9 Å². The van der Waals surface area contributed by atoms with Gasteiger partial charge in [-0.3, -0.25) is 15.1 Å². The maximum Gasteiger partial charge on any atom is 0.310 e. The van der Waals surface area contributed by atoms with E-state index < -0.39 is 4.92 Å². The molecule has 0 aliphatic heterocycles. The molecule has 2 aromatic rings. The van der Waals surface area contributed by atoms with Gasteiger partial charge < -0.3 is 10.5 Å². The monoisotopic (exact) mass is 337 g/mol. The second-order valence-corrected chi connectivity index (χ2v) is 4.98. The summed E-state index contributed by atoms with van der Waals surface area (Å²) in [4.78, 5) is 14.5. The second kappa shape index (κ2) is 6.44. The van der Waals surface area contributed by atoms with Crippen molar-refractivity contribution in [2.24, 2.45) is 5.73 Å². The molecule has 6 nitrogen and oxygen atoms in total. The van der Waals surface area contributed by atoms with Gasteiger partial charge in [-0.1, -0.05) is 6.07 Å². The molecule has 104 valence electrons. The lowest BCUT2D eigenvalue weighted by Crippen LogP contribution is -2.02. The van der Waals surface area contributed by atoms with Crippen LogP contribution in [0.25, 0.3) is 0 Å². The normalized spacial score (nSPS) is 10.3. The van der Waals surface area contributed by atoms with Gasteiger partial charge in [0, 0.05) is 35.0 Å². The summed E-state index contributed by atoms with van der Waals surface area (Å²) in [6.45, 7) is 0.494. The summed E-state index contributed by atoms with van der Waals surface area (Å²) in [6, 6.07) is 6.44. The first-order chi connectivity index (χ1) is 9.60. The van der Waals surface area contributed by atoms with Crippen molar-refractivity contribution >= 4 is 21.6 Å². The molecule has 2 N–H and O–H groups in total. The Balaban J connectivity index is 2.21. The number of rotatable bonds is 5. The van der Waals surface area contributed by atoms with Crippen molar-refractivity contribution in [1.82, 2.24) is 4.98 Å². The van der Waals surface area contributed by atoms with E-state index in [1.54, 1.807) is 24.5 Å². The number of hydrogen-bond acceptors (Lipinski definition) is 5. The fraction of sp³-hybridized carbons (Fsp3) is 0.154. The first kappa shape index (κ1) is 14.4. The number of pyridine rings is 1. The highest BCUT2D eigenvalue weighted by molar-refractivity contribution is 9.10. The van der Waals surface area contributed by atoms with Crippen molar-refractivity contribution < 1.29 is 9.66 Å². The van der Waals surface area contributed by atoms with E-state index in [4.69, 9.17) is 10.5 Å². The molecule has 0 radical (unpaired) electrons. The van der Waals surface area contributed by atoms with Crippen LogP contribution in [0.4, 0.5) is 5.69 Å². The minimum Gasteiger partial charge on any atom is -0.482 e. The number of nitro groups is 1. The van der Waals surface area contributed by atoms with Crippen molar-refractivity contribution in [1.29, 1.82) is 0 Å². The Kier molecular flexibility index (Phi) is 4.65. The van der Waals surface area contributed by atoms with Crippen LogP contribution in [0.5, 0.6) is 5.75 Å². The Morgan fingerprint density at radius 2 is 2.10 bits per heavy atom. The molecule has 0 atom stereocenters. The molecule has 1 aromatic carbocycles. The summed E-state index contributed by atoms with van der Waals surface area (Å²) < 4.78 is 6.35. The fourth-order valence-corrected chi connectivity index (χ4v) is 2.06. The zero-order chi connectivity index (χ0) is 14.5. The Hall–Kier alpha value is -1.99. The predicted molar refractivity (Wildman–Crippen MR) is 77.3 cm³/mol. The highest BCUT2D eigenvalue weighted by atomic mass is 79.9. The highest BCUT2D eigenvalue weighted by Crippen LogP contribution is 2.28. The van der Waals surface area contributed by atoms with Crippen LogP contribution in [0.2, 0.25) is 0 Å². The molecule has 0 saturated heterocycles. The third-order valence-electron chi connectivity index (χ3n) is 2.61. The largest absolute Gasteiger partial charge is 0.482 e. The third kappa shape index (κ3) is 3.52. The number of benzene rings is 1. The van der Waals surface area contributed by atoms with Gasteiger partial charge in [0.25, 0.3) is 0 Å². The summed E-state index contributed by atoms with van der Waals surface area (Å²) >= 11 is 3.31. The lowest BCUT2D eigenvalue weighted by molar-refractivity contribution is -0.386. The van der Waals surface area contributed by atoms with E-state index in [1.807, 2.05) is 6.07 Å². The summed E-state index contributed by atoms with van der Waals surface area (Å²) in [5, 5.41) is 11.0. The van der Waals surface area contributed by atoms with E-state index >= 15 is 0 Å². The lowest BCUT2D eigenvalue weighted by atomic mass is 10.2. The number of halogens is 1. The number of ether oxygens (including phenoxy) is 1. The van der Waals surface area contributed by atoms with Gasteiger partial charge in [0.2, 0.25) is 0 Å². The first-order valence-electron chi connectivity index (χ1n) is 5.80. The van der Waals surface area contributed by atoms with Gasteiger partial charge >= 0.3 is 5.69 Å². The Morgan fingerprint density at radius 3 is 2.75 bits per heavy atom. The smallest absolute Gasteiger partial charge is 0.310 e. The second-order valence-electron chi connectivity index (χ2n) is 4.06. The van der Waals surface area contributed by atoms with Crippen molar-refractivity contribution in [2.45, 2.75) is 13.2 Å². The number of nitrogens with zero attached hydrogens (tertiary/aromatic N) is 2. The van der Waals surface area contributed by atoms with E-state index in [0.717, 1.165) is 15.6 Å². The summed E-state index contributed by atoms with van der Waals surface area (Å²) in [7, 11) is 0. The molecule has 1 aromatic heterocycles. The standard InChI is InChI=1S/C13H12BrN3O3/c14-11-3-10(6-16-7-11)8-20-13-4-9(5-15)1-2-12(13)17(18)19/h1-4,6-7H,5,8,15H2. The molecule has 0 amide bonds. The molecule has 0 saturated carbocycles. The summed E-state index contributed by atoms with van der Waals surface area (Å²) in [5.74, 6) is 0.206. The van der Waals surface area contributed by atoms with Crippen LogP contribution in [0.15, 0.2) is 41.1 Å².